The largest absolute Gasteiger partial charge is 0.272 e. The highest BCUT2D eigenvalue weighted by atomic mass is 28.2. The molecule has 1 atom stereocenters. The molecule has 1 amide bonds. The molecule has 25 heavy (non-hydrogen) atoms. The van der Waals surface area contributed by atoms with E-state index in [2.05, 4.69) is 59.0 Å². The third-order valence-corrected chi connectivity index (χ3v) is 7.84. The number of benzene rings is 1. The summed E-state index contributed by atoms with van der Waals surface area (Å²) >= 11 is 0. The zero-order valence-corrected chi connectivity index (χ0v) is 17.5. The van der Waals surface area contributed by atoms with E-state index in [0.717, 1.165) is 31.2 Å². The first-order chi connectivity index (χ1) is 11.6. The minimum atomic E-state index is -0.729. The lowest BCUT2D eigenvalue weighted by Crippen LogP contribution is -2.44. The summed E-state index contributed by atoms with van der Waals surface area (Å²) in [6, 6.07) is 4.57. The summed E-state index contributed by atoms with van der Waals surface area (Å²) in [4.78, 5) is 12.8. The van der Waals surface area contributed by atoms with Crippen LogP contribution in [0.3, 0.4) is 0 Å². The molecule has 1 N–H and O–H groups in total. The maximum atomic E-state index is 12.8. The number of hydrogen-bond acceptors (Lipinski definition) is 1. The Kier molecular flexibility index (Phi) is 4.43. The van der Waals surface area contributed by atoms with Gasteiger partial charge in [0, 0.05) is 8.41 Å². The molecule has 0 saturated heterocycles. The van der Waals surface area contributed by atoms with Crippen molar-refractivity contribution in [2.24, 2.45) is 0 Å². The number of carbonyl (C=O) groups excluding carboxylic acids is 1. The van der Waals surface area contributed by atoms with Crippen LogP contribution < -0.4 is 5.73 Å². The molecule has 2 aliphatic carbocycles. The van der Waals surface area contributed by atoms with Gasteiger partial charge in [-0.1, -0.05) is 62.8 Å². The molecule has 0 aliphatic heterocycles. The quantitative estimate of drug-likeness (QED) is 0.712. The SMILES string of the molecule is CC1=Cc2cc(C(C)(C)C)cc(C3(C([NH])=O)CCCC3=[Si](C)C)c2C1. The number of amides is 1. The van der Waals surface area contributed by atoms with Gasteiger partial charge in [-0.05, 0) is 60.3 Å². The average Bonchev–Trinajstić information content (AvgIpc) is 3.07. The van der Waals surface area contributed by atoms with Crippen LogP contribution >= 0.6 is 0 Å². The van der Waals surface area contributed by atoms with Crippen LogP contribution in [-0.2, 0) is 22.0 Å². The highest BCUT2D eigenvalue weighted by molar-refractivity contribution is 6.72. The van der Waals surface area contributed by atoms with E-state index in [0.29, 0.717) is 0 Å². The topological polar surface area (TPSA) is 40.9 Å². The van der Waals surface area contributed by atoms with E-state index < -0.39 is 13.8 Å². The summed E-state index contributed by atoms with van der Waals surface area (Å²) in [5.41, 5.74) is 14.0. The zero-order chi connectivity index (χ0) is 18.6. The average molecular weight is 353 g/mol. The van der Waals surface area contributed by atoms with Crippen molar-refractivity contribution in [1.29, 1.82) is 0 Å². The number of fused-ring (bicyclic) bond motifs is 1. The van der Waals surface area contributed by atoms with Gasteiger partial charge in [0.2, 0.25) is 0 Å². The van der Waals surface area contributed by atoms with Gasteiger partial charge in [-0.2, -0.15) is 0 Å². The molecule has 2 aliphatic rings. The maximum absolute atomic E-state index is 12.8. The van der Waals surface area contributed by atoms with Gasteiger partial charge in [0.1, 0.15) is 0 Å². The van der Waals surface area contributed by atoms with Crippen molar-refractivity contribution >= 4 is 25.6 Å². The van der Waals surface area contributed by atoms with E-state index in [4.69, 9.17) is 5.73 Å². The zero-order valence-electron chi connectivity index (χ0n) is 16.5. The molecular formula is C22H30NOSi. The van der Waals surface area contributed by atoms with Gasteiger partial charge in [0.15, 0.2) is 0 Å². The van der Waals surface area contributed by atoms with Gasteiger partial charge < -0.3 is 0 Å². The Balaban J connectivity index is 2.35. The summed E-state index contributed by atoms with van der Waals surface area (Å²) in [5.74, 6) is -0.385. The lowest BCUT2D eigenvalue weighted by Gasteiger charge is -2.33. The number of nitrogens with one attached hydrogen (secondary N) is 1. The van der Waals surface area contributed by atoms with Crippen LogP contribution in [0.2, 0.25) is 13.1 Å². The molecule has 1 fully saturated rings. The Bertz CT molecular complexity index is 806. The van der Waals surface area contributed by atoms with Crippen LogP contribution in [0.5, 0.6) is 0 Å². The second kappa shape index (κ2) is 6.05. The first-order valence-electron chi connectivity index (χ1n) is 9.35. The van der Waals surface area contributed by atoms with Crippen molar-refractivity contribution in [1.82, 2.24) is 5.73 Å². The smallest absolute Gasteiger partial charge is 0.252 e. The van der Waals surface area contributed by atoms with E-state index in [-0.39, 0.29) is 11.3 Å². The van der Waals surface area contributed by atoms with Crippen molar-refractivity contribution in [2.45, 2.75) is 77.3 Å². The van der Waals surface area contributed by atoms with Crippen LogP contribution in [-0.4, -0.2) is 19.5 Å². The van der Waals surface area contributed by atoms with Gasteiger partial charge in [-0.3, -0.25) is 10.5 Å². The Morgan fingerprint density at radius 3 is 2.48 bits per heavy atom. The van der Waals surface area contributed by atoms with E-state index in [9.17, 15) is 4.79 Å². The number of allylic oxidation sites excluding steroid dienone is 1. The Labute approximate surface area is 153 Å². The Morgan fingerprint density at radius 1 is 1.24 bits per heavy atom. The molecule has 1 saturated carbocycles. The number of rotatable bonds is 2. The van der Waals surface area contributed by atoms with Gasteiger partial charge in [0.05, 0.1) is 5.41 Å². The molecule has 0 spiro atoms. The van der Waals surface area contributed by atoms with Crippen molar-refractivity contribution < 1.29 is 4.79 Å². The summed E-state index contributed by atoms with van der Waals surface area (Å²) < 4.78 is 0. The first-order valence-corrected chi connectivity index (χ1v) is 11.9. The molecule has 0 heterocycles. The predicted molar refractivity (Wildman–Crippen MR) is 109 cm³/mol. The van der Waals surface area contributed by atoms with E-state index in [1.54, 1.807) is 0 Å². The lowest BCUT2D eigenvalue weighted by molar-refractivity contribution is -0.121. The fourth-order valence-electron chi connectivity index (χ4n) is 4.67. The van der Waals surface area contributed by atoms with Crippen LogP contribution in [0.25, 0.3) is 6.08 Å². The highest BCUT2D eigenvalue weighted by Crippen LogP contribution is 2.45. The van der Waals surface area contributed by atoms with Gasteiger partial charge in [-0.15, -0.1) is 0 Å². The Hall–Kier alpha value is -1.48. The van der Waals surface area contributed by atoms with Crippen molar-refractivity contribution in [3.05, 3.63) is 40.0 Å². The molecule has 0 bridgehead atoms. The lowest BCUT2D eigenvalue weighted by atomic mass is 9.72. The van der Waals surface area contributed by atoms with E-state index in [1.165, 1.54) is 27.4 Å². The molecule has 1 aromatic carbocycles. The normalized spacial score (nSPS) is 22.8. The van der Waals surface area contributed by atoms with Crippen LogP contribution in [0.1, 0.15) is 69.2 Å². The van der Waals surface area contributed by atoms with Gasteiger partial charge in [-0.25, -0.2) is 0 Å². The summed E-state index contributed by atoms with van der Waals surface area (Å²) in [6.45, 7) is 13.4. The molecule has 0 aromatic heterocycles. The third-order valence-electron chi connectivity index (χ3n) is 5.95. The van der Waals surface area contributed by atoms with Crippen LogP contribution in [0.15, 0.2) is 17.7 Å². The standard InChI is InChI=1S/C22H30NOSi/c1-14-10-15-12-16(21(2,3)4)13-18(17(15)11-14)22(20(23)24)9-7-8-19(22)25(5)6/h10,12-13,23H,7-9,11H2,1-6H3. The molecule has 133 valence electrons. The fraction of sp³-hybridized carbons (Fsp3) is 0.545. The van der Waals surface area contributed by atoms with E-state index in [1.807, 2.05) is 0 Å². The second-order valence-electron chi connectivity index (χ2n) is 9.08. The van der Waals surface area contributed by atoms with Gasteiger partial charge in [0.25, 0.3) is 5.91 Å². The molecular weight excluding hydrogens is 322 g/mol. The summed E-state index contributed by atoms with van der Waals surface area (Å²) in [7, 11) is -0.729. The van der Waals surface area contributed by atoms with Gasteiger partial charge >= 0.3 is 0 Å². The van der Waals surface area contributed by atoms with Crippen molar-refractivity contribution in [2.75, 3.05) is 0 Å². The minimum Gasteiger partial charge on any atom is -0.272 e. The molecule has 3 heteroatoms. The van der Waals surface area contributed by atoms with E-state index >= 15 is 0 Å². The molecule has 1 radical (unpaired) electrons. The predicted octanol–water partition coefficient (Wildman–Crippen LogP) is 4.68. The van der Waals surface area contributed by atoms with Crippen LogP contribution in [0, 0.1) is 0 Å². The minimum absolute atomic E-state index is 0.0331. The van der Waals surface area contributed by atoms with Crippen molar-refractivity contribution in [3.8, 4) is 0 Å². The third kappa shape index (κ3) is 2.87. The fourth-order valence-corrected chi connectivity index (χ4v) is 6.57. The molecule has 1 aromatic rings. The second-order valence-corrected chi connectivity index (χ2v) is 11.7. The maximum Gasteiger partial charge on any atom is 0.252 e. The summed E-state index contributed by atoms with van der Waals surface area (Å²) in [6.07, 6.45) is 6.07. The first kappa shape index (κ1) is 18.3. The molecule has 2 nitrogen and oxygen atoms in total. The number of hydrogen-bond donors (Lipinski definition) is 0. The molecule has 1 unspecified atom stereocenters. The van der Waals surface area contributed by atoms with Crippen LogP contribution in [0.4, 0.5) is 0 Å². The number of carbonyl (C=O) groups is 1. The van der Waals surface area contributed by atoms with Crippen molar-refractivity contribution in [3.63, 3.8) is 0 Å². The summed E-state index contributed by atoms with van der Waals surface area (Å²) in [5, 5.41) is 1.37. The highest BCUT2D eigenvalue weighted by Gasteiger charge is 2.48. The monoisotopic (exact) mass is 352 g/mol. The molecule has 3 rings (SSSR count). The Morgan fingerprint density at radius 2 is 1.92 bits per heavy atom.